The molecule has 0 aromatic heterocycles. The van der Waals surface area contributed by atoms with Crippen LogP contribution in [0, 0.1) is 0 Å². The van der Waals surface area contributed by atoms with Crippen LogP contribution in [-0.2, 0) is 11.3 Å². The Morgan fingerprint density at radius 1 is 1.05 bits per heavy atom. The van der Waals surface area contributed by atoms with Gasteiger partial charge in [0.1, 0.15) is 0 Å². The van der Waals surface area contributed by atoms with Gasteiger partial charge in [0.2, 0.25) is 0 Å². The Bertz CT molecular complexity index is 389. The maximum Gasteiger partial charge on any atom is 0.0480 e. The second kappa shape index (κ2) is 7.21. The lowest BCUT2D eigenvalue weighted by molar-refractivity contribution is 0.0690. The standard InChI is InChI=1S/C17H26N2O/c1-2-5-15(6-3-1)13-19-10-4-7-17(14-19)18-16-8-11-20-12-9-16/h1-3,5-6,16-18H,4,7-14H2. The van der Waals surface area contributed by atoms with Crippen molar-refractivity contribution < 1.29 is 4.74 Å². The van der Waals surface area contributed by atoms with Crippen LogP contribution in [0.15, 0.2) is 30.3 Å². The zero-order valence-electron chi connectivity index (χ0n) is 12.3. The summed E-state index contributed by atoms with van der Waals surface area (Å²) in [4.78, 5) is 2.59. The van der Waals surface area contributed by atoms with Crippen LogP contribution < -0.4 is 5.32 Å². The van der Waals surface area contributed by atoms with Crippen molar-refractivity contribution in [1.29, 1.82) is 0 Å². The molecule has 1 unspecified atom stereocenters. The molecular weight excluding hydrogens is 248 g/mol. The zero-order valence-corrected chi connectivity index (χ0v) is 12.3. The fourth-order valence-electron chi connectivity index (χ4n) is 3.37. The van der Waals surface area contributed by atoms with E-state index in [-0.39, 0.29) is 0 Å². The van der Waals surface area contributed by atoms with Crippen LogP contribution in [-0.4, -0.2) is 43.3 Å². The van der Waals surface area contributed by atoms with Crippen molar-refractivity contribution in [3.8, 4) is 0 Å². The van der Waals surface area contributed by atoms with E-state index in [0.717, 1.165) is 19.8 Å². The molecule has 3 rings (SSSR count). The van der Waals surface area contributed by atoms with Gasteiger partial charge in [0.25, 0.3) is 0 Å². The van der Waals surface area contributed by atoms with Crippen molar-refractivity contribution in [2.24, 2.45) is 0 Å². The highest BCUT2D eigenvalue weighted by Crippen LogP contribution is 2.16. The van der Waals surface area contributed by atoms with Crippen molar-refractivity contribution >= 4 is 0 Å². The molecule has 2 saturated heterocycles. The SMILES string of the molecule is c1ccc(CN2CCCC(NC3CCOCC3)C2)cc1. The summed E-state index contributed by atoms with van der Waals surface area (Å²) in [7, 11) is 0. The number of likely N-dealkylation sites (tertiary alicyclic amines) is 1. The molecule has 0 amide bonds. The second-order valence-electron chi connectivity index (χ2n) is 6.11. The Hall–Kier alpha value is -0.900. The number of nitrogens with one attached hydrogen (secondary N) is 1. The number of nitrogens with zero attached hydrogens (tertiary/aromatic N) is 1. The molecule has 2 fully saturated rings. The number of piperidine rings is 1. The second-order valence-corrected chi connectivity index (χ2v) is 6.11. The highest BCUT2D eigenvalue weighted by atomic mass is 16.5. The minimum atomic E-state index is 0.663. The molecule has 0 radical (unpaired) electrons. The van der Waals surface area contributed by atoms with Crippen LogP contribution in [0.1, 0.15) is 31.2 Å². The van der Waals surface area contributed by atoms with E-state index in [2.05, 4.69) is 40.5 Å². The third kappa shape index (κ3) is 4.05. The van der Waals surface area contributed by atoms with Crippen LogP contribution in [0.5, 0.6) is 0 Å². The van der Waals surface area contributed by atoms with Gasteiger partial charge in [0, 0.05) is 38.4 Å². The molecule has 3 nitrogen and oxygen atoms in total. The Morgan fingerprint density at radius 3 is 2.65 bits per heavy atom. The Labute approximate surface area is 122 Å². The molecule has 1 N–H and O–H groups in total. The molecule has 0 aliphatic carbocycles. The molecule has 2 aliphatic heterocycles. The molecule has 1 atom stereocenters. The minimum Gasteiger partial charge on any atom is -0.381 e. The van der Waals surface area contributed by atoms with Crippen molar-refractivity contribution in [2.45, 2.75) is 44.3 Å². The normalized spacial score (nSPS) is 25.7. The largest absolute Gasteiger partial charge is 0.381 e. The molecule has 2 aliphatic rings. The molecule has 3 heteroatoms. The highest BCUT2D eigenvalue weighted by Gasteiger charge is 2.23. The molecule has 0 spiro atoms. The molecule has 0 saturated carbocycles. The Kier molecular flexibility index (Phi) is 5.06. The van der Waals surface area contributed by atoms with E-state index in [1.165, 1.54) is 44.3 Å². The van der Waals surface area contributed by atoms with Crippen LogP contribution in [0.4, 0.5) is 0 Å². The summed E-state index contributed by atoms with van der Waals surface area (Å²) in [6.07, 6.45) is 4.99. The first-order valence-electron chi connectivity index (χ1n) is 8.00. The summed E-state index contributed by atoms with van der Waals surface area (Å²) >= 11 is 0. The highest BCUT2D eigenvalue weighted by molar-refractivity contribution is 5.14. The van der Waals surface area contributed by atoms with Gasteiger partial charge in [-0.1, -0.05) is 30.3 Å². The first-order valence-corrected chi connectivity index (χ1v) is 8.00. The fraction of sp³-hybridized carbons (Fsp3) is 0.647. The van der Waals surface area contributed by atoms with Crippen molar-refractivity contribution in [3.63, 3.8) is 0 Å². The Balaban J connectivity index is 1.48. The van der Waals surface area contributed by atoms with Gasteiger partial charge < -0.3 is 10.1 Å². The summed E-state index contributed by atoms with van der Waals surface area (Å²) in [5, 5.41) is 3.85. The van der Waals surface area contributed by atoms with E-state index in [0.29, 0.717) is 12.1 Å². The molecule has 20 heavy (non-hydrogen) atoms. The third-order valence-electron chi connectivity index (χ3n) is 4.45. The third-order valence-corrected chi connectivity index (χ3v) is 4.45. The van der Waals surface area contributed by atoms with Gasteiger partial charge in [0.15, 0.2) is 0 Å². The first-order chi connectivity index (χ1) is 9.90. The van der Waals surface area contributed by atoms with Crippen LogP contribution >= 0.6 is 0 Å². The van der Waals surface area contributed by atoms with Crippen LogP contribution in [0.25, 0.3) is 0 Å². The summed E-state index contributed by atoms with van der Waals surface area (Å²) in [6, 6.07) is 12.2. The van der Waals surface area contributed by atoms with Gasteiger partial charge in [-0.2, -0.15) is 0 Å². The summed E-state index contributed by atoms with van der Waals surface area (Å²) in [5.74, 6) is 0. The van der Waals surface area contributed by atoms with Gasteiger partial charge in [-0.05, 0) is 37.8 Å². The van der Waals surface area contributed by atoms with E-state index in [1.807, 2.05) is 0 Å². The van der Waals surface area contributed by atoms with Crippen LogP contribution in [0.2, 0.25) is 0 Å². The van der Waals surface area contributed by atoms with Crippen molar-refractivity contribution in [1.82, 2.24) is 10.2 Å². The molecule has 110 valence electrons. The van der Waals surface area contributed by atoms with Crippen molar-refractivity contribution in [3.05, 3.63) is 35.9 Å². The van der Waals surface area contributed by atoms with Gasteiger partial charge >= 0.3 is 0 Å². The van der Waals surface area contributed by atoms with Crippen molar-refractivity contribution in [2.75, 3.05) is 26.3 Å². The van der Waals surface area contributed by atoms with E-state index in [4.69, 9.17) is 4.74 Å². The quantitative estimate of drug-likeness (QED) is 0.912. The number of rotatable bonds is 4. The molecule has 1 aromatic carbocycles. The lowest BCUT2D eigenvalue weighted by Gasteiger charge is -2.36. The number of ether oxygens (including phenoxy) is 1. The number of hydrogen-bond donors (Lipinski definition) is 1. The van der Waals surface area contributed by atoms with Gasteiger partial charge in [0.05, 0.1) is 0 Å². The number of benzene rings is 1. The average Bonchev–Trinajstić information content (AvgIpc) is 2.50. The van der Waals surface area contributed by atoms with E-state index >= 15 is 0 Å². The minimum absolute atomic E-state index is 0.663. The molecule has 0 bridgehead atoms. The maximum atomic E-state index is 5.44. The molecule has 1 aromatic rings. The smallest absolute Gasteiger partial charge is 0.0480 e. The average molecular weight is 274 g/mol. The molecular formula is C17H26N2O. The Morgan fingerprint density at radius 2 is 1.85 bits per heavy atom. The molecule has 2 heterocycles. The van der Waals surface area contributed by atoms with Gasteiger partial charge in [-0.25, -0.2) is 0 Å². The van der Waals surface area contributed by atoms with E-state index < -0.39 is 0 Å². The first kappa shape index (κ1) is 14.1. The monoisotopic (exact) mass is 274 g/mol. The predicted octanol–water partition coefficient (Wildman–Crippen LogP) is 2.42. The van der Waals surface area contributed by atoms with E-state index in [1.54, 1.807) is 0 Å². The zero-order chi connectivity index (χ0) is 13.6. The maximum absolute atomic E-state index is 5.44. The lowest BCUT2D eigenvalue weighted by atomic mass is 10.0. The fourth-order valence-corrected chi connectivity index (χ4v) is 3.37. The summed E-state index contributed by atoms with van der Waals surface area (Å²) < 4.78 is 5.44. The number of hydrogen-bond acceptors (Lipinski definition) is 3. The summed E-state index contributed by atoms with van der Waals surface area (Å²) in [5.41, 5.74) is 1.43. The van der Waals surface area contributed by atoms with E-state index in [9.17, 15) is 0 Å². The predicted molar refractivity (Wildman–Crippen MR) is 81.7 cm³/mol. The van der Waals surface area contributed by atoms with Gasteiger partial charge in [-0.15, -0.1) is 0 Å². The van der Waals surface area contributed by atoms with Gasteiger partial charge in [-0.3, -0.25) is 4.90 Å². The summed E-state index contributed by atoms with van der Waals surface area (Å²) in [6.45, 7) is 5.37. The van der Waals surface area contributed by atoms with Crippen LogP contribution in [0.3, 0.4) is 0 Å². The lowest BCUT2D eigenvalue weighted by Crippen LogP contribution is -2.50. The topological polar surface area (TPSA) is 24.5 Å².